The molecule has 2 amide bonds. The van der Waals surface area contributed by atoms with E-state index >= 15 is 0 Å². The lowest BCUT2D eigenvalue weighted by atomic mass is 10.1. The lowest BCUT2D eigenvalue weighted by Crippen LogP contribution is -2.48. The molecule has 3 aromatic rings. The van der Waals surface area contributed by atoms with Crippen LogP contribution >= 0.6 is 0 Å². The summed E-state index contributed by atoms with van der Waals surface area (Å²) in [6.45, 7) is 0.367. The molecule has 0 aliphatic rings. The summed E-state index contributed by atoms with van der Waals surface area (Å²) in [5.74, 6) is -0.656. The second-order valence-electron chi connectivity index (χ2n) is 7.08. The summed E-state index contributed by atoms with van der Waals surface area (Å²) in [5.41, 5.74) is 2.28. The van der Waals surface area contributed by atoms with E-state index in [-0.39, 0.29) is 24.9 Å². The molecule has 2 N–H and O–H groups in total. The van der Waals surface area contributed by atoms with Crippen molar-refractivity contribution in [1.29, 1.82) is 0 Å². The highest BCUT2D eigenvalue weighted by Gasteiger charge is 2.22. The van der Waals surface area contributed by atoms with E-state index in [1.807, 2.05) is 60.7 Å². The zero-order valence-corrected chi connectivity index (χ0v) is 17.1. The van der Waals surface area contributed by atoms with Gasteiger partial charge in [0, 0.05) is 13.0 Å². The minimum atomic E-state index is -0.814. The number of ether oxygens (including phenoxy) is 1. The Balaban J connectivity index is 1.57. The van der Waals surface area contributed by atoms with Crippen LogP contribution in [0.3, 0.4) is 0 Å². The maximum atomic E-state index is 13.8. The summed E-state index contributed by atoms with van der Waals surface area (Å²) in [4.78, 5) is 25.1. The van der Waals surface area contributed by atoms with Gasteiger partial charge in [-0.1, -0.05) is 78.9 Å². The molecule has 3 rings (SSSR count). The first-order valence-corrected chi connectivity index (χ1v) is 10.1. The molecule has 0 heterocycles. The van der Waals surface area contributed by atoms with Crippen molar-refractivity contribution in [2.45, 2.75) is 25.5 Å². The minimum Gasteiger partial charge on any atom is -0.445 e. The smallest absolute Gasteiger partial charge is 0.408 e. The number of amides is 2. The Hall–Kier alpha value is -3.67. The molecule has 0 bridgehead atoms. The van der Waals surface area contributed by atoms with Crippen molar-refractivity contribution in [3.05, 3.63) is 107 Å². The summed E-state index contributed by atoms with van der Waals surface area (Å²) in [6, 6.07) is 24.3. The predicted octanol–water partition coefficient (Wildman–Crippen LogP) is 4.02. The van der Waals surface area contributed by atoms with Crippen LogP contribution in [0.25, 0.3) is 0 Å². The summed E-state index contributed by atoms with van der Waals surface area (Å²) < 4.78 is 19.0. The SMILES string of the molecule is O=C(NC(Cc1ccccc1)C(=O)NCCc1ccccc1F)OCc1ccccc1. The van der Waals surface area contributed by atoms with Crippen LogP contribution in [0, 0.1) is 5.82 Å². The molecule has 160 valence electrons. The highest BCUT2D eigenvalue weighted by atomic mass is 19.1. The number of nitrogens with one attached hydrogen (secondary N) is 2. The number of alkyl carbamates (subject to hydrolysis) is 1. The van der Waals surface area contributed by atoms with E-state index in [1.165, 1.54) is 6.07 Å². The van der Waals surface area contributed by atoms with Gasteiger partial charge in [-0.05, 0) is 29.2 Å². The topological polar surface area (TPSA) is 67.4 Å². The zero-order chi connectivity index (χ0) is 21.9. The van der Waals surface area contributed by atoms with Crippen LogP contribution in [0.15, 0.2) is 84.9 Å². The molecule has 0 saturated carbocycles. The average molecular weight is 420 g/mol. The monoisotopic (exact) mass is 420 g/mol. The van der Waals surface area contributed by atoms with E-state index in [0.29, 0.717) is 18.4 Å². The first-order valence-electron chi connectivity index (χ1n) is 10.1. The van der Waals surface area contributed by atoms with Crippen molar-refractivity contribution in [3.63, 3.8) is 0 Å². The standard InChI is InChI=1S/C25H25FN2O3/c26-22-14-8-7-13-21(22)15-16-27-24(29)23(17-19-9-3-1-4-10-19)28-25(30)31-18-20-11-5-2-6-12-20/h1-14,23H,15-18H2,(H,27,29)(H,28,30). The Morgan fingerprint density at radius 3 is 2.13 bits per heavy atom. The van der Waals surface area contributed by atoms with Gasteiger partial charge in [0.1, 0.15) is 18.5 Å². The van der Waals surface area contributed by atoms with Crippen molar-refractivity contribution in [3.8, 4) is 0 Å². The molecule has 0 aromatic heterocycles. The number of hydrogen-bond donors (Lipinski definition) is 2. The Labute approximate surface area is 181 Å². The Morgan fingerprint density at radius 2 is 1.45 bits per heavy atom. The summed E-state index contributed by atoms with van der Waals surface area (Å²) in [6.07, 6.45) is -0.00380. The number of carbonyl (C=O) groups is 2. The highest BCUT2D eigenvalue weighted by Crippen LogP contribution is 2.08. The van der Waals surface area contributed by atoms with Crippen LogP contribution < -0.4 is 10.6 Å². The molecule has 1 atom stereocenters. The first-order chi connectivity index (χ1) is 15.1. The fourth-order valence-electron chi connectivity index (χ4n) is 3.11. The number of halogens is 1. The van der Waals surface area contributed by atoms with Crippen LogP contribution in [0.4, 0.5) is 9.18 Å². The highest BCUT2D eigenvalue weighted by molar-refractivity contribution is 5.85. The molecule has 0 spiro atoms. The van der Waals surface area contributed by atoms with Gasteiger partial charge in [-0.3, -0.25) is 4.79 Å². The maximum absolute atomic E-state index is 13.8. The Kier molecular flexibility index (Phi) is 8.17. The van der Waals surface area contributed by atoms with E-state index in [2.05, 4.69) is 10.6 Å². The molecule has 0 aliphatic heterocycles. The fourth-order valence-corrected chi connectivity index (χ4v) is 3.11. The third-order valence-electron chi connectivity index (χ3n) is 4.76. The van der Waals surface area contributed by atoms with Crippen LogP contribution in [-0.2, 0) is 29.0 Å². The second-order valence-corrected chi connectivity index (χ2v) is 7.08. The Morgan fingerprint density at radius 1 is 0.839 bits per heavy atom. The van der Waals surface area contributed by atoms with Gasteiger partial charge in [0.2, 0.25) is 5.91 Å². The third-order valence-corrected chi connectivity index (χ3v) is 4.76. The molecule has 0 radical (unpaired) electrons. The minimum absolute atomic E-state index is 0.111. The molecule has 0 saturated heterocycles. The van der Waals surface area contributed by atoms with E-state index in [4.69, 9.17) is 4.74 Å². The van der Waals surface area contributed by atoms with Crippen LogP contribution in [-0.4, -0.2) is 24.6 Å². The van der Waals surface area contributed by atoms with Gasteiger partial charge >= 0.3 is 6.09 Å². The van der Waals surface area contributed by atoms with Gasteiger partial charge in [-0.15, -0.1) is 0 Å². The molecule has 0 aliphatic carbocycles. The molecular weight excluding hydrogens is 395 g/mol. The van der Waals surface area contributed by atoms with Crippen molar-refractivity contribution in [1.82, 2.24) is 10.6 Å². The van der Waals surface area contributed by atoms with Gasteiger partial charge in [0.05, 0.1) is 0 Å². The number of carbonyl (C=O) groups excluding carboxylic acids is 2. The fraction of sp³-hybridized carbons (Fsp3) is 0.200. The second kappa shape index (κ2) is 11.5. The quantitative estimate of drug-likeness (QED) is 0.549. The lowest BCUT2D eigenvalue weighted by Gasteiger charge is -2.19. The first kappa shape index (κ1) is 22.0. The molecular formula is C25H25FN2O3. The number of benzene rings is 3. The molecule has 31 heavy (non-hydrogen) atoms. The summed E-state index contributed by atoms with van der Waals surface area (Å²) in [5, 5.41) is 5.43. The van der Waals surface area contributed by atoms with E-state index in [1.54, 1.807) is 18.2 Å². The normalized spacial score (nSPS) is 11.4. The van der Waals surface area contributed by atoms with E-state index < -0.39 is 12.1 Å². The van der Waals surface area contributed by atoms with Gasteiger partial charge in [0.15, 0.2) is 0 Å². The maximum Gasteiger partial charge on any atom is 0.408 e. The molecule has 0 fully saturated rings. The average Bonchev–Trinajstić information content (AvgIpc) is 2.80. The summed E-state index contributed by atoms with van der Waals surface area (Å²) in [7, 11) is 0. The number of hydrogen-bond acceptors (Lipinski definition) is 3. The van der Waals surface area contributed by atoms with Crippen molar-refractivity contribution in [2.75, 3.05) is 6.54 Å². The largest absolute Gasteiger partial charge is 0.445 e. The molecule has 1 unspecified atom stereocenters. The zero-order valence-electron chi connectivity index (χ0n) is 17.1. The third kappa shape index (κ3) is 7.26. The predicted molar refractivity (Wildman–Crippen MR) is 117 cm³/mol. The van der Waals surface area contributed by atoms with E-state index in [0.717, 1.165) is 11.1 Å². The molecule has 6 heteroatoms. The van der Waals surface area contributed by atoms with Gasteiger partial charge < -0.3 is 15.4 Å². The Bertz CT molecular complexity index is 980. The van der Waals surface area contributed by atoms with Crippen molar-refractivity contribution < 1.29 is 18.7 Å². The van der Waals surface area contributed by atoms with Crippen molar-refractivity contribution in [2.24, 2.45) is 0 Å². The molecule has 5 nitrogen and oxygen atoms in total. The lowest BCUT2D eigenvalue weighted by molar-refractivity contribution is -0.123. The van der Waals surface area contributed by atoms with Crippen LogP contribution in [0.1, 0.15) is 16.7 Å². The van der Waals surface area contributed by atoms with Crippen molar-refractivity contribution >= 4 is 12.0 Å². The van der Waals surface area contributed by atoms with Crippen LogP contribution in [0.5, 0.6) is 0 Å². The van der Waals surface area contributed by atoms with Gasteiger partial charge in [-0.2, -0.15) is 0 Å². The number of rotatable bonds is 9. The van der Waals surface area contributed by atoms with E-state index in [9.17, 15) is 14.0 Å². The summed E-state index contributed by atoms with van der Waals surface area (Å²) >= 11 is 0. The van der Waals surface area contributed by atoms with Crippen LogP contribution in [0.2, 0.25) is 0 Å². The van der Waals surface area contributed by atoms with Gasteiger partial charge in [-0.25, -0.2) is 9.18 Å². The van der Waals surface area contributed by atoms with Gasteiger partial charge in [0.25, 0.3) is 0 Å². The molecule has 3 aromatic carbocycles.